The number of nitrogens with one attached hydrogen (secondary N) is 3. The minimum absolute atomic E-state index is 0.00248. The minimum atomic E-state index is -3.85. The molecular formula is C21H21Cl2N3O4S. The summed E-state index contributed by atoms with van der Waals surface area (Å²) < 4.78 is 27.6. The smallest absolute Gasteiger partial charge is 0.253 e. The number of hydrogen-bond acceptors (Lipinski definition) is 4. The summed E-state index contributed by atoms with van der Waals surface area (Å²) in [4.78, 5) is 24.4. The average molecular weight is 482 g/mol. The molecule has 2 aromatic carbocycles. The van der Waals surface area contributed by atoms with Gasteiger partial charge in [0.25, 0.3) is 5.91 Å². The molecule has 0 aromatic heterocycles. The van der Waals surface area contributed by atoms with Crippen molar-refractivity contribution < 1.29 is 18.0 Å². The zero-order valence-corrected chi connectivity index (χ0v) is 18.8. The van der Waals surface area contributed by atoms with Gasteiger partial charge in [0.05, 0.1) is 15.6 Å². The van der Waals surface area contributed by atoms with Gasteiger partial charge in [0.1, 0.15) is 4.90 Å². The van der Waals surface area contributed by atoms with E-state index in [1.54, 1.807) is 18.2 Å². The van der Waals surface area contributed by atoms with Crippen LogP contribution in [0.2, 0.25) is 10.0 Å². The van der Waals surface area contributed by atoms with Crippen molar-refractivity contribution in [2.45, 2.75) is 43.2 Å². The molecule has 7 nitrogen and oxygen atoms in total. The van der Waals surface area contributed by atoms with Crippen LogP contribution in [0.3, 0.4) is 0 Å². The predicted octanol–water partition coefficient (Wildman–Crippen LogP) is 3.71. The van der Waals surface area contributed by atoms with Gasteiger partial charge in [0.15, 0.2) is 0 Å². The predicted molar refractivity (Wildman–Crippen MR) is 119 cm³/mol. The van der Waals surface area contributed by atoms with Gasteiger partial charge in [-0.25, -0.2) is 13.1 Å². The SMILES string of the molecule is O=C(NCc1cccc(NC(=O)C2CC2)c1)c1cc(S(=O)(=O)NC2CC2)c(Cl)cc1Cl. The lowest BCUT2D eigenvalue weighted by Gasteiger charge is -2.12. The number of halogens is 2. The largest absolute Gasteiger partial charge is 0.348 e. The van der Waals surface area contributed by atoms with Gasteiger partial charge in [-0.3, -0.25) is 9.59 Å². The van der Waals surface area contributed by atoms with E-state index in [1.165, 1.54) is 12.1 Å². The molecule has 31 heavy (non-hydrogen) atoms. The van der Waals surface area contributed by atoms with Crippen LogP contribution in [0.25, 0.3) is 0 Å². The summed E-state index contributed by atoms with van der Waals surface area (Å²) in [7, 11) is -3.85. The number of rotatable bonds is 8. The molecular weight excluding hydrogens is 461 g/mol. The maximum absolute atomic E-state index is 12.7. The molecule has 0 saturated heterocycles. The molecule has 0 bridgehead atoms. The van der Waals surface area contributed by atoms with E-state index in [4.69, 9.17) is 23.2 Å². The highest BCUT2D eigenvalue weighted by molar-refractivity contribution is 7.89. The van der Waals surface area contributed by atoms with Crippen LogP contribution in [0, 0.1) is 5.92 Å². The molecule has 2 fully saturated rings. The number of carbonyl (C=O) groups is 2. The maximum atomic E-state index is 12.7. The van der Waals surface area contributed by atoms with E-state index in [1.807, 2.05) is 6.07 Å². The number of amides is 2. The van der Waals surface area contributed by atoms with Gasteiger partial charge in [-0.2, -0.15) is 0 Å². The Hall–Kier alpha value is -2.13. The lowest BCUT2D eigenvalue weighted by atomic mass is 10.1. The highest BCUT2D eigenvalue weighted by Crippen LogP contribution is 2.31. The average Bonchev–Trinajstić information content (AvgIpc) is 3.60. The van der Waals surface area contributed by atoms with E-state index in [0.29, 0.717) is 5.69 Å². The molecule has 4 rings (SSSR count). The lowest BCUT2D eigenvalue weighted by molar-refractivity contribution is -0.117. The van der Waals surface area contributed by atoms with Crippen LogP contribution >= 0.6 is 23.2 Å². The first-order chi connectivity index (χ1) is 14.7. The van der Waals surface area contributed by atoms with Crippen molar-refractivity contribution in [3.63, 3.8) is 0 Å². The third-order valence-corrected chi connectivity index (χ3v) is 7.35. The summed E-state index contributed by atoms with van der Waals surface area (Å²) >= 11 is 12.2. The summed E-state index contributed by atoms with van der Waals surface area (Å²) in [6.07, 6.45) is 3.38. The molecule has 0 aliphatic heterocycles. The molecule has 2 saturated carbocycles. The summed E-state index contributed by atoms with van der Waals surface area (Å²) in [5.41, 5.74) is 1.45. The van der Waals surface area contributed by atoms with E-state index in [2.05, 4.69) is 15.4 Å². The zero-order valence-electron chi connectivity index (χ0n) is 16.5. The molecule has 2 amide bonds. The Bertz CT molecular complexity index is 1150. The third-order valence-electron chi connectivity index (χ3n) is 5.05. The van der Waals surface area contributed by atoms with Gasteiger partial charge in [-0.05, 0) is 55.5 Å². The highest BCUT2D eigenvalue weighted by atomic mass is 35.5. The number of benzene rings is 2. The van der Waals surface area contributed by atoms with Crippen molar-refractivity contribution in [3.8, 4) is 0 Å². The summed E-state index contributed by atoms with van der Waals surface area (Å²) in [6.45, 7) is 0.174. The number of hydrogen-bond donors (Lipinski definition) is 3. The van der Waals surface area contributed by atoms with Crippen LogP contribution in [-0.2, 0) is 21.4 Å². The topological polar surface area (TPSA) is 104 Å². The van der Waals surface area contributed by atoms with Crippen molar-refractivity contribution in [2.75, 3.05) is 5.32 Å². The number of carbonyl (C=O) groups excluding carboxylic acids is 2. The van der Waals surface area contributed by atoms with Crippen molar-refractivity contribution >= 4 is 50.7 Å². The van der Waals surface area contributed by atoms with E-state index in [-0.39, 0.29) is 44.9 Å². The molecule has 0 unspecified atom stereocenters. The second-order valence-corrected chi connectivity index (χ2v) is 10.3. The maximum Gasteiger partial charge on any atom is 0.253 e. The van der Waals surface area contributed by atoms with Gasteiger partial charge >= 0.3 is 0 Å². The molecule has 10 heteroatoms. The Morgan fingerprint density at radius 3 is 2.42 bits per heavy atom. The fourth-order valence-corrected chi connectivity index (χ4v) is 5.18. The van der Waals surface area contributed by atoms with Gasteiger partial charge < -0.3 is 10.6 Å². The van der Waals surface area contributed by atoms with Crippen LogP contribution < -0.4 is 15.4 Å². The molecule has 0 heterocycles. The lowest BCUT2D eigenvalue weighted by Crippen LogP contribution is -2.27. The van der Waals surface area contributed by atoms with Gasteiger partial charge in [0, 0.05) is 24.2 Å². The summed E-state index contributed by atoms with van der Waals surface area (Å²) in [6, 6.07) is 9.51. The minimum Gasteiger partial charge on any atom is -0.348 e. The highest BCUT2D eigenvalue weighted by Gasteiger charge is 2.31. The first kappa shape index (κ1) is 22.1. The second-order valence-electron chi connectivity index (χ2n) is 7.80. The fraction of sp³-hybridized carbons (Fsp3) is 0.333. The molecule has 0 radical (unpaired) electrons. The summed E-state index contributed by atoms with van der Waals surface area (Å²) in [5.74, 6) is -0.435. The Balaban J connectivity index is 1.46. The van der Waals surface area contributed by atoms with Crippen molar-refractivity contribution in [1.82, 2.24) is 10.0 Å². The van der Waals surface area contributed by atoms with Crippen LogP contribution in [0.4, 0.5) is 5.69 Å². The van der Waals surface area contributed by atoms with E-state index >= 15 is 0 Å². The normalized spacial score (nSPS) is 16.1. The fourth-order valence-electron chi connectivity index (χ4n) is 3.02. The van der Waals surface area contributed by atoms with Crippen molar-refractivity contribution in [2.24, 2.45) is 5.92 Å². The Labute approximate surface area is 190 Å². The van der Waals surface area contributed by atoms with Crippen LogP contribution in [0.5, 0.6) is 0 Å². The Morgan fingerprint density at radius 1 is 1.00 bits per heavy atom. The van der Waals surface area contributed by atoms with Gasteiger partial charge in [-0.15, -0.1) is 0 Å². The zero-order chi connectivity index (χ0) is 22.2. The third kappa shape index (κ3) is 5.57. The van der Waals surface area contributed by atoms with Crippen molar-refractivity contribution in [1.29, 1.82) is 0 Å². The molecule has 2 aliphatic rings. The molecule has 2 aliphatic carbocycles. The first-order valence-corrected chi connectivity index (χ1v) is 12.2. The molecule has 3 N–H and O–H groups in total. The number of sulfonamides is 1. The molecule has 2 aromatic rings. The first-order valence-electron chi connectivity index (χ1n) is 9.92. The molecule has 164 valence electrons. The quantitative estimate of drug-likeness (QED) is 0.534. The molecule has 0 atom stereocenters. The van der Waals surface area contributed by atoms with Crippen LogP contribution in [0.1, 0.15) is 41.6 Å². The van der Waals surface area contributed by atoms with E-state index in [0.717, 1.165) is 31.2 Å². The van der Waals surface area contributed by atoms with Gasteiger partial charge in [-0.1, -0.05) is 35.3 Å². The van der Waals surface area contributed by atoms with E-state index < -0.39 is 15.9 Å². The molecule has 0 spiro atoms. The number of anilines is 1. The van der Waals surface area contributed by atoms with Crippen LogP contribution in [-0.4, -0.2) is 26.3 Å². The van der Waals surface area contributed by atoms with Gasteiger partial charge in [0.2, 0.25) is 15.9 Å². The van der Waals surface area contributed by atoms with E-state index in [9.17, 15) is 18.0 Å². The standard InChI is InChI=1S/C21H21Cl2N3O4S/c22-17-10-18(23)19(31(29,30)26-14-6-7-14)9-16(17)21(28)24-11-12-2-1-3-15(8-12)25-20(27)13-4-5-13/h1-3,8-10,13-14,26H,4-7,11H2,(H,24,28)(H,25,27). The Kier molecular flexibility index (Phi) is 6.25. The van der Waals surface area contributed by atoms with Crippen LogP contribution in [0.15, 0.2) is 41.3 Å². The second kappa shape index (κ2) is 8.78. The monoisotopic (exact) mass is 481 g/mol. The van der Waals surface area contributed by atoms with Crippen molar-refractivity contribution in [3.05, 3.63) is 57.6 Å². The Morgan fingerprint density at radius 2 is 1.74 bits per heavy atom. The summed E-state index contributed by atoms with van der Waals surface area (Å²) in [5, 5.41) is 5.60.